The summed E-state index contributed by atoms with van der Waals surface area (Å²) < 4.78 is 0. The molecule has 1 aromatic heterocycles. The number of hydrogen-bond donors (Lipinski definition) is 1. The molecule has 2 atom stereocenters. The summed E-state index contributed by atoms with van der Waals surface area (Å²) in [5.41, 5.74) is 2.36. The van der Waals surface area contributed by atoms with Crippen molar-refractivity contribution in [3.05, 3.63) is 57.8 Å². The maximum atomic E-state index is 10.3. The molecular weight excluding hydrogens is 216 g/mol. The number of aryl methyl sites for hydroxylation is 1. The van der Waals surface area contributed by atoms with Crippen LogP contribution in [-0.2, 0) is 0 Å². The van der Waals surface area contributed by atoms with E-state index in [1.165, 1.54) is 11.1 Å². The van der Waals surface area contributed by atoms with Crippen LogP contribution in [0.2, 0.25) is 0 Å². The molecule has 0 saturated carbocycles. The van der Waals surface area contributed by atoms with Gasteiger partial charge in [-0.1, -0.05) is 37.3 Å². The smallest absolute Gasteiger partial charge is 0.0950 e. The van der Waals surface area contributed by atoms with E-state index in [1.54, 1.807) is 11.3 Å². The van der Waals surface area contributed by atoms with Crippen LogP contribution >= 0.6 is 11.3 Å². The fourth-order valence-corrected chi connectivity index (χ4v) is 2.87. The Morgan fingerprint density at radius 1 is 1.12 bits per heavy atom. The van der Waals surface area contributed by atoms with E-state index >= 15 is 0 Å². The van der Waals surface area contributed by atoms with Crippen LogP contribution in [0.25, 0.3) is 0 Å². The number of thiophene rings is 1. The summed E-state index contributed by atoms with van der Waals surface area (Å²) in [4.78, 5) is 1.08. The van der Waals surface area contributed by atoms with Crippen molar-refractivity contribution >= 4 is 11.3 Å². The largest absolute Gasteiger partial charge is 0.387 e. The summed E-state index contributed by atoms with van der Waals surface area (Å²) in [5, 5.41) is 12.4. The van der Waals surface area contributed by atoms with Crippen LogP contribution in [-0.4, -0.2) is 5.11 Å². The zero-order valence-electron chi connectivity index (χ0n) is 9.55. The quantitative estimate of drug-likeness (QED) is 0.851. The SMILES string of the molecule is Cc1ccsc1C(O)C(C)c1ccccc1. The van der Waals surface area contributed by atoms with Gasteiger partial charge in [0.05, 0.1) is 6.10 Å². The molecule has 1 nitrogen and oxygen atoms in total. The Bertz CT molecular complexity index is 447. The summed E-state index contributed by atoms with van der Waals surface area (Å²) in [6, 6.07) is 12.2. The van der Waals surface area contributed by atoms with E-state index in [0.29, 0.717) is 0 Å². The molecule has 0 aliphatic carbocycles. The molecule has 0 fully saturated rings. The standard InChI is InChI=1S/C14H16OS/c1-10-8-9-16-14(10)13(15)11(2)12-6-4-3-5-7-12/h3-9,11,13,15H,1-2H3. The van der Waals surface area contributed by atoms with Crippen molar-refractivity contribution in [1.29, 1.82) is 0 Å². The first-order chi connectivity index (χ1) is 7.70. The van der Waals surface area contributed by atoms with Crippen LogP contribution in [0.3, 0.4) is 0 Å². The molecule has 0 saturated heterocycles. The maximum Gasteiger partial charge on any atom is 0.0950 e. The first kappa shape index (κ1) is 11.4. The average Bonchev–Trinajstić information content (AvgIpc) is 2.75. The molecule has 0 radical (unpaired) electrons. The van der Waals surface area contributed by atoms with Gasteiger partial charge in [0.1, 0.15) is 0 Å². The number of benzene rings is 1. The normalized spacial score (nSPS) is 14.7. The fraction of sp³-hybridized carbons (Fsp3) is 0.286. The Balaban J connectivity index is 2.23. The molecule has 0 amide bonds. The van der Waals surface area contributed by atoms with Gasteiger partial charge in [-0.05, 0) is 29.5 Å². The number of rotatable bonds is 3. The summed E-state index contributed by atoms with van der Waals surface area (Å²) in [7, 11) is 0. The molecule has 1 heterocycles. The predicted octanol–water partition coefficient (Wildman–Crippen LogP) is 3.89. The summed E-state index contributed by atoms with van der Waals surface area (Å²) >= 11 is 1.63. The second kappa shape index (κ2) is 4.81. The second-order valence-electron chi connectivity index (χ2n) is 4.11. The molecule has 2 heteroatoms. The van der Waals surface area contributed by atoms with Crippen molar-refractivity contribution in [2.24, 2.45) is 0 Å². The average molecular weight is 232 g/mol. The van der Waals surface area contributed by atoms with Crippen molar-refractivity contribution in [2.45, 2.75) is 25.9 Å². The van der Waals surface area contributed by atoms with E-state index in [-0.39, 0.29) is 5.92 Å². The van der Waals surface area contributed by atoms with Gasteiger partial charge in [0.2, 0.25) is 0 Å². The molecule has 2 aromatic rings. The van der Waals surface area contributed by atoms with Gasteiger partial charge in [-0.15, -0.1) is 11.3 Å². The van der Waals surface area contributed by atoms with Crippen LogP contribution in [0, 0.1) is 6.92 Å². The van der Waals surface area contributed by atoms with Crippen LogP contribution in [0.4, 0.5) is 0 Å². The highest BCUT2D eigenvalue weighted by Crippen LogP contribution is 2.34. The molecule has 0 aliphatic rings. The Hall–Kier alpha value is -1.12. The van der Waals surface area contributed by atoms with Gasteiger partial charge in [0.25, 0.3) is 0 Å². The highest BCUT2D eigenvalue weighted by molar-refractivity contribution is 7.10. The predicted molar refractivity (Wildman–Crippen MR) is 68.9 cm³/mol. The monoisotopic (exact) mass is 232 g/mol. The summed E-state index contributed by atoms with van der Waals surface area (Å²) in [5.74, 6) is 0.138. The molecule has 1 N–H and O–H groups in total. The van der Waals surface area contributed by atoms with E-state index in [2.05, 4.69) is 25.1 Å². The third-order valence-electron chi connectivity index (χ3n) is 2.97. The van der Waals surface area contributed by atoms with Gasteiger partial charge in [-0.25, -0.2) is 0 Å². The van der Waals surface area contributed by atoms with Crippen molar-refractivity contribution in [1.82, 2.24) is 0 Å². The van der Waals surface area contributed by atoms with Gasteiger partial charge < -0.3 is 5.11 Å². The van der Waals surface area contributed by atoms with Gasteiger partial charge in [-0.2, -0.15) is 0 Å². The topological polar surface area (TPSA) is 20.2 Å². The lowest BCUT2D eigenvalue weighted by Gasteiger charge is -2.19. The first-order valence-electron chi connectivity index (χ1n) is 5.47. The molecule has 0 aliphatic heterocycles. The molecule has 0 spiro atoms. The van der Waals surface area contributed by atoms with Crippen molar-refractivity contribution in [2.75, 3.05) is 0 Å². The van der Waals surface area contributed by atoms with Crippen LogP contribution < -0.4 is 0 Å². The van der Waals surface area contributed by atoms with Gasteiger partial charge >= 0.3 is 0 Å². The maximum absolute atomic E-state index is 10.3. The van der Waals surface area contributed by atoms with Crippen LogP contribution in [0.1, 0.15) is 34.9 Å². The van der Waals surface area contributed by atoms with Crippen molar-refractivity contribution in [3.63, 3.8) is 0 Å². The van der Waals surface area contributed by atoms with Crippen molar-refractivity contribution in [3.8, 4) is 0 Å². The molecule has 16 heavy (non-hydrogen) atoms. The van der Waals surface area contributed by atoms with Crippen LogP contribution in [0.15, 0.2) is 41.8 Å². The third kappa shape index (κ3) is 2.18. The summed E-state index contributed by atoms with van der Waals surface area (Å²) in [6.45, 7) is 4.12. The highest BCUT2D eigenvalue weighted by Gasteiger charge is 2.20. The minimum atomic E-state index is -0.401. The van der Waals surface area contributed by atoms with E-state index < -0.39 is 6.10 Å². The summed E-state index contributed by atoms with van der Waals surface area (Å²) in [6.07, 6.45) is -0.401. The van der Waals surface area contributed by atoms with Gasteiger partial charge in [0.15, 0.2) is 0 Å². The Labute approximate surface area is 100 Å². The highest BCUT2D eigenvalue weighted by atomic mass is 32.1. The Morgan fingerprint density at radius 3 is 2.38 bits per heavy atom. The van der Waals surface area contributed by atoms with Gasteiger partial charge in [0, 0.05) is 10.8 Å². The molecule has 2 unspecified atom stereocenters. The van der Waals surface area contributed by atoms with E-state index in [9.17, 15) is 5.11 Å². The molecule has 1 aromatic carbocycles. The molecular formula is C14H16OS. The van der Waals surface area contributed by atoms with E-state index in [0.717, 1.165) is 4.88 Å². The zero-order valence-corrected chi connectivity index (χ0v) is 10.4. The lowest BCUT2D eigenvalue weighted by molar-refractivity contribution is 0.155. The fourth-order valence-electron chi connectivity index (χ4n) is 1.85. The van der Waals surface area contributed by atoms with Crippen LogP contribution in [0.5, 0.6) is 0 Å². The molecule has 2 rings (SSSR count). The number of aliphatic hydroxyl groups excluding tert-OH is 1. The van der Waals surface area contributed by atoms with E-state index in [4.69, 9.17) is 0 Å². The van der Waals surface area contributed by atoms with Crippen molar-refractivity contribution < 1.29 is 5.11 Å². The third-order valence-corrected chi connectivity index (χ3v) is 4.06. The minimum Gasteiger partial charge on any atom is -0.387 e. The lowest BCUT2D eigenvalue weighted by Crippen LogP contribution is -2.07. The molecule has 84 valence electrons. The lowest BCUT2D eigenvalue weighted by atomic mass is 9.93. The van der Waals surface area contributed by atoms with Gasteiger partial charge in [-0.3, -0.25) is 0 Å². The number of hydrogen-bond acceptors (Lipinski definition) is 2. The Morgan fingerprint density at radius 2 is 1.81 bits per heavy atom. The zero-order chi connectivity index (χ0) is 11.5. The number of aliphatic hydroxyl groups is 1. The first-order valence-corrected chi connectivity index (χ1v) is 6.35. The minimum absolute atomic E-state index is 0.138. The molecule has 0 bridgehead atoms. The van der Waals surface area contributed by atoms with E-state index in [1.807, 2.05) is 30.5 Å². The Kier molecular flexibility index (Phi) is 3.42. The second-order valence-corrected chi connectivity index (χ2v) is 5.06.